The summed E-state index contributed by atoms with van der Waals surface area (Å²) in [6.45, 7) is 8.11. The molecule has 1 unspecified atom stereocenters. The highest BCUT2D eigenvalue weighted by atomic mass is 35.5. The zero-order chi connectivity index (χ0) is 7.28. The van der Waals surface area contributed by atoms with Crippen molar-refractivity contribution >= 4 is 11.6 Å². The largest absolute Gasteiger partial charge is 0.118 e. The Balaban J connectivity index is 3.46. The van der Waals surface area contributed by atoms with Crippen molar-refractivity contribution < 1.29 is 0 Å². The number of alkyl halides is 1. The first kappa shape index (κ1) is 9.03. The molecule has 1 atom stereocenters. The lowest BCUT2D eigenvalue weighted by Gasteiger charge is -2.07. The molecule has 0 saturated carbocycles. The van der Waals surface area contributed by atoms with Crippen LogP contribution in [0.15, 0.2) is 12.2 Å². The molecular formula is C8H15Cl. The molecule has 0 heterocycles. The third kappa shape index (κ3) is 3.58. The second-order valence-corrected chi connectivity index (χ2v) is 2.81. The zero-order valence-electron chi connectivity index (χ0n) is 6.28. The first-order valence-electron chi connectivity index (χ1n) is 3.54. The molecule has 0 aliphatic carbocycles. The summed E-state index contributed by atoms with van der Waals surface area (Å²) in [4.78, 5) is 0. The summed E-state index contributed by atoms with van der Waals surface area (Å²) in [5.74, 6) is 0. The van der Waals surface area contributed by atoms with Gasteiger partial charge < -0.3 is 0 Å². The second-order valence-electron chi connectivity index (χ2n) is 2.28. The van der Waals surface area contributed by atoms with Crippen LogP contribution in [0, 0.1) is 0 Å². The molecule has 9 heavy (non-hydrogen) atoms. The van der Waals surface area contributed by atoms with E-state index in [1.165, 1.54) is 5.57 Å². The zero-order valence-corrected chi connectivity index (χ0v) is 7.04. The van der Waals surface area contributed by atoms with Gasteiger partial charge in [-0.05, 0) is 12.8 Å². The van der Waals surface area contributed by atoms with Gasteiger partial charge in [0.15, 0.2) is 0 Å². The molecule has 0 amide bonds. The first-order chi connectivity index (χ1) is 4.22. The summed E-state index contributed by atoms with van der Waals surface area (Å²) in [5.41, 5.74) is 1.18. The first-order valence-corrected chi connectivity index (χ1v) is 3.97. The summed E-state index contributed by atoms with van der Waals surface area (Å²) in [6, 6.07) is 0. The third-order valence-electron chi connectivity index (χ3n) is 1.37. The number of rotatable bonds is 4. The molecule has 0 aromatic carbocycles. The molecule has 0 rings (SSSR count). The number of hydrogen-bond donors (Lipinski definition) is 0. The fourth-order valence-corrected chi connectivity index (χ4v) is 0.876. The van der Waals surface area contributed by atoms with E-state index in [-0.39, 0.29) is 5.38 Å². The van der Waals surface area contributed by atoms with E-state index in [4.69, 9.17) is 11.6 Å². The fourth-order valence-electron chi connectivity index (χ4n) is 0.766. The van der Waals surface area contributed by atoms with Crippen LogP contribution < -0.4 is 0 Å². The van der Waals surface area contributed by atoms with Crippen molar-refractivity contribution in [1.29, 1.82) is 0 Å². The van der Waals surface area contributed by atoms with Crippen LogP contribution in [-0.4, -0.2) is 5.38 Å². The average Bonchev–Trinajstić information content (AvgIpc) is 1.87. The average molecular weight is 147 g/mol. The third-order valence-corrected chi connectivity index (χ3v) is 1.99. The standard InChI is InChI=1S/C8H15Cl/c1-4-6-7(3)8(9)5-2/h8H,3-6H2,1-2H3. The SMILES string of the molecule is C=C(CCC)C(Cl)CC. The number of hydrogen-bond acceptors (Lipinski definition) is 0. The van der Waals surface area contributed by atoms with E-state index in [1.807, 2.05) is 0 Å². The van der Waals surface area contributed by atoms with Gasteiger partial charge >= 0.3 is 0 Å². The Morgan fingerprint density at radius 1 is 1.56 bits per heavy atom. The Morgan fingerprint density at radius 3 is 2.44 bits per heavy atom. The van der Waals surface area contributed by atoms with Gasteiger partial charge in [0.2, 0.25) is 0 Å². The molecule has 0 aliphatic heterocycles. The van der Waals surface area contributed by atoms with Crippen LogP contribution in [-0.2, 0) is 0 Å². The summed E-state index contributed by atoms with van der Waals surface area (Å²) in [5, 5.41) is 0.199. The topological polar surface area (TPSA) is 0 Å². The van der Waals surface area contributed by atoms with E-state index in [0.717, 1.165) is 19.3 Å². The van der Waals surface area contributed by atoms with E-state index in [9.17, 15) is 0 Å². The molecule has 0 aromatic heterocycles. The van der Waals surface area contributed by atoms with Gasteiger partial charge in [-0.1, -0.05) is 32.4 Å². The summed E-state index contributed by atoms with van der Waals surface area (Å²) in [7, 11) is 0. The Bertz CT molecular complexity index is 86.6. The Kier molecular flexibility index (Phi) is 4.88. The highest BCUT2D eigenvalue weighted by molar-refractivity contribution is 6.22. The van der Waals surface area contributed by atoms with Crippen LogP contribution in [0.3, 0.4) is 0 Å². The van der Waals surface area contributed by atoms with Crippen LogP contribution in [0.5, 0.6) is 0 Å². The van der Waals surface area contributed by atoms with Crippen LogP contribution >= 0.6 is 11.6 Å². The predicted octanol–water partition coefficient (Wildman–Crippen LogP) is 3.36. The van der Waals surface area contributed by atoms with E-state index in [2.05, 4.69) is 20.4 Å². The molecule has 0 nitrogen and oxygen atoms in total. The molecule has 0 N–H and O–H groups in total. The predicted molar refractivity (Wildman–Crippen MR) is 44.0 cm³/mol. The minimum Gasteiger partial charge on any atom is -0.118 e. The van der Waals surface area contributed by atoms with Crippen LogP contribution in [0.25, 0.3) is 0 Å². The van der Waals surface area contributed by atoms with Gasteiger partial charge in [-0.2, -0.15) is 0 Å². The Hall–Kier alpha value is 0.0300. The van der Waals surface area contributed by atoms with Gasteiger partial charge in [0.25, 0.3) is 0 Å². The maximum absolute atomic E-state index is 5.89. The number of allylic oxidation sites excluding steroid dienone is 1. The van der Waals surface area contributed by atoms with Crippen molar-refractivity contribution in [2.24, 2.45) is 0 Å². The smallest absolute Gasteiger partial charge is 0.0540 e. The molecule has 0 spiro atoms. The van der Waals surface area contributed by atoms with Gasteiger partial charge in [-0.3, -0.25) is 0 Å². The van der Waals surface area contributed by atoms with Gasteiger partial charge in [-0.25, -0.2) is 0 Å². The molecular weight excluding hydrogens is 132 g/mol. The van der Waals surface area contributed by atoms with E-state index in [0.29, 0.717) is 0 Å². The highest BCUT2D eigenvalue weighted by Gasteiger charge is 2.03. The lowest BCUT2D eigenvalue weighted by molar-refractivity contribution is 0.813. The maximum atomic E-state index is 5.89. The van der Waals surface area contributed by atoms with Crippen LogP contribution in [0.2, 0.25) is 0 Å². The minimum absolute atomic E-state index is 0.199. The highest BCUT2D eigenvalue weighted by Crippen LogP contribution is 2.15. The van der Waals surface area contributed by atoms with Crippen molar-refractivity contribution in [2.45, 2.75) is 38.5 Å². The van der Waals surface area contributed by atoms with Crippen molar-refractivity contribution in [3.05, 3.63) is 12.2 Å². The Labute approximate surface area is 62.9 Å². The minimum atomic E-state index is 0.199. The summed E-state index contributed by atoms with van der Waals surface area (Å²) >= 11 is 5.89. The lowest BCUT2D eigenvalue weighted by atomic mass is 10.1. The fraction of sp³-hybridized carbons (Fsp3) is 0.750. The molecule has 0 bridgehead atoms. The molecule has 1 heteroatoms. The Morgan fingerprint density at radius 2 is 2.11 bits per heavy atom. The molecule has 0 fully saturated rings. The second kappa shape index (κ2) is 4.87. The maximum Gasteiger partial charge on any atom is 0.0540 e. The monoisotopic (exact) mass is 146 g/mol. The van der Waals surface area contributed by atoms with Crippen molar-refractivity contribution in [3.8, 4) is 0 Å². The van der Waals surface area contributed by atoms with Crippen molar-refractivity contribution in [2.75, 3.05) is 0 Å². The van der Waals surface area contributed by atoms with Crippen molar-refractivity contribution in [1.82, 2.24) is 0 Å². The van der Waals surface area contributed by atoms with Crippen LogP contribution in [0.4, 0.5) is 0 Å². The number of halogens is 1. The molecule has 0 radical (unpaired) electrons. The summed E-state index contributed by atoms with van der Waals surface area (Å²) in [6.07, 6.45) is 3.23. The molecule has 0 saturated heterocycles. The van der Waals surface area contributed by atoms with Crippen molar-refractivity contribution in [3.63, 3.8) is 0 Å². The lowest BCUT2D eigenvalue weighted by Crippen LogP contribution is -1.98. The van der Waals surface area contributed by atoms with E-state index in [1.54, 1.807) is 0 Å². The van der Waals surface area contributed by atoms with E-state index >= 15 is 0 Å². The summed E-state index contributed by atoms with van der Waals surface area (Å²) < 4.78 is 0. The molecule has 0 aliphatic rings. The van der Waals surface area contributed by atoms with Gasteiger partial charge in [0.1, 0.15) is 0 Å². The van der Waals surface area contributed by atoms with Gasteiger partial charge in [-0.15, -0.1) is 11.6 Å². The van der Waals surface area contributed by atoms with E-state index < -0.39 is 0 Å². The molecule has 0 aromatic rings. The quantitative estimate of drug-likeness (QED) is 0.422. The van der Waals surface area contributed by atoms with Crippen LogP contribution in [0.1, 0.15) is 33.1 Å². The van der Waals surface area contributed by atoms with Gasteiger partial charge in [0.05, 0.1) is 5.38 Å². The van der Waals surface area contributed by atoms with Gasteiger partial charge in [0, 0.05) is 0 Å². The molecule has 54 valence electrons. The normalized spacial score (nSPS) is 13.2.